The summed E-state index contributed by atoms with van der Waals surface area (Å²) >= 11 is 0. The van der Waals surface area contributed by atoms with Crippen molar-refractivity contribution in [3.05, 3.63) is 65.2 Å². The van der Waals surface area contributed by atoms with Crippen molar-refractivity contribution in [1.29, 1.82) is 0 Å². The van der Waals surface area contributed by atoms with Crippen LogP contribution >= 0.6 is 0 Å². The molecule has 0 bridgehead atoms. The van der Waals surface area contributed by atoms with Crippen LogP contribution in [0.25, 0.3) is 0 Å². The van der Waals surface area contributed by atoms with Gasteiger partial charge in [0.2, 0.25) is 0 Å². The third kappa shape index (κ3) is 5.58. The molecule has 1 aliphatic rings. The van der Waals surface area contributed by atoms with Crippen molar-refractivity contribution in [2.24, 2.45) is 5.92 Å². The average Bonchev–Trinajstić information content (AvgIpc) is 2.72. The molecule has 3 nitrogen and oxygen atoms in total. The molecule has 2 N–H and O–H groups in total. The SMILES string of the molecule is C[C@@H](Cc1cc(F)cc(F)c1)[C@H](O)CNC1(c2cccc(N(C)C)c2)CCCCC1. The van der Waals surface area contributed by atoms with Gasteiger partial charge in [-0.25, -0.2) is 8.78 Å². The standard InChI is InChI=1S/C25H34F2N2O/c1-18(12-19-13-21(26)16-22(27)14-19)24(30)17-28-25(10-5-4-6-11-25)20-8-7-9-23(15-20)29(2)3/h7-9,13-16,18,24,28,30H,4-6,10-12,17H2,1-3H3/t18-,24+/m0/s1. The van der Waals surface area contributed by atoms with Crippen LogP contribution in [0.5, 0.6) is 0 Å². The summed E-state index contributed by atoms with van der Waals surface area (Å²) in [6, 6.07) is 12.2. The van der Waals surface area contributed by atoms with Gasteiger partial charge in [-0.1, -0.05) is 38.3 Å². The summed E-state index contributed by atoms with van der Waals surface area (Å²) in [5.74, 6) is -1.27. The van der Waals surface area contributed by atoms with E-state index in [4.69, 9.17) is 0 Å². The summed E-state index contributed by atoms with van der Waals surface area (Å²) in [5.41, 5.74) is 2.86. The van der Waals surface area contributed by atoms with Gasteiger partial charge in [0.25, 0.3) is 0 Å². The van der Waals surface area contributed by atoms with E-state index in [1.54, 1.807) is 0 Å². The summed E-state index contributed by atoms with van der Waals surface area (Å²) in [4.78, 5) is 2.11. The molecular weight excluding hydrogens is 382 g/mol. The molecule has 1 aliphatic carbocycles. The van der Waals surface area contributed by atoms with Crippen molar-refractivity contribution in [3.8, 4) is 0 Å². The highest BCUT2D eigenvalue weighted by atomic mass is 19.1. The van der Waals surface area contributed by atoms with E-state index in [2.05, 4.69) is 34.5 Å². The second-order valence-corrected chi connectivity index (χ2v) is 8.99. The largest absolute Gasteiger partial charge is 0.392 e. The van der Waals surface area contributed by atoms with Crippen molar-refractivity contribution in [1.82, 2.24) is 5.32 Å². The Kier molecular flexibility index (Phi) is 7.48. The molecule has 2 atom stereocenters. The van der Waals surface area contributed by atoms with Gasteiger partial charge in [-0.05, 0) is 60.6 Å². The number of hydrogen-bond acceptors (Lipinski definition) is 3. The maximum atomic E-state index is 13.5. The summed E-state index contributed by atoms with van der Waals surface area (Å²) in [5, 5.41) is 14.5. The lowest BCUT2D eigenvalue weighted by atomic mass is 9.76. The van der Waals surface area contributed by atoms with Crippen molar-refractivity contribution in [3.63, 3.8) is 0 Å². The number of aliphatic hydroxyl groups is 1. The number of aliphatic hydroxyl groups excluding tert-OH is 1. The molecule has 0 saturated heterocycles. The summed E-state index contributed by atoms with van der Waals surface area (Å²) in [7, 11) is 4.08. The lowest BCUT2D eigenvalue weighted by Crippen LogP contribution is -2.48. The van der Waals surface area contributed by atoms with Gasteiger partial charge in [0.1, 0.15) is 11.6 Å². The zero-order chi connectivity index (χ0) is 21.7. The van der Waals surface area contributed by atoms with Crippen LogP contribution in [0.1, 0.15) is 50.2 Å². The average molecular weight is 417 g/mol. The van der Waals surface area contributed by atoms with Gasteiger partial charge in [-0.3, -0.25) is 0 Å². The lowest BCUT2D eigenvalue weighted by Gasteiger charge is -2.40. The third-order valence-electron chi connectivity index (χ3n) is 6.41. The number of anilines is 1. The van der Waals surface area contributed by atoms with Gasteiger partial charge in [-0.2, -0.15) is 0 Å². The second-order valence-electron chi connectivity index (χ2n) is 8.99. The summed E-state index contributed by atoms with van der Waals surface area (Å²) in [6.07, 6.45) is 5.47. The molecule has 0 amide bonds. The molecule has 0 radical (unpaired) electrons. The molecular formula is C25H34F2N2O. The van der Waals surface area contributed by atoms with Gasteiger partial charge in [-0.15, -0.1) is 0 Å². The highest BCUT2D eigenvalue weighted by molar-refractivity contribution is 5.49. The highest BCUT2D eigenvalue weighted by Crippen LogP contribution is 2.38. The van der Waals surface area contributed by atoms with Crippen LogP contribution in [0.2, 0.25) is 0 Å². The number of nitrogens with one attached hydrogen (secondary N) is 1. The molecule has 1 saturated carbocycles. The van der Waals surface area contributed by atoms with E-state index >= 15 is 0 Å². The molecule has 1 fully saturated rings. The number of nitrogens with zero attached hydrogens (tertiary/aromatic N) is 1. The maximum Gasteiger partial charge on any atom is 0.126 e. The molecule has 5 heteroatoms. The van der Waals surface area contributed by atoms with E-state index in [0.29, 0.717) is 18.5 Å². The fourth-order valence-corrected chi connectivity index (χ4v) is 4.54. The van der Waals surface area contributed by atoms with Gasteiger partial charge in [0, 0.05) is 37.9 Å². The molecule has 0 aromatic heterocycles. The summed E-state index contributed by atoms with van der Waals surface area (Å²) in [6.45, 7) is 2.38. The van der Waals surface area contributed by atoms with Gasteiger partial charge in [0.15, 0.2) is 0 Å². The Hall–Kier alpha value is -1.98. The van der Waals surface area contributed by atoms with E-state index < -0.39 is 17.7 Å². The molecule has 3 rings (SSSR count). The van der Waals surface area contributed by atoms with E-state index in [1.807, 2.05) is 21.0 Å². The smallest absolute Gasteiger partial charge is 0.126 e. The minimum absolute atomic E-state index is 0.118. The first kappa shape index (κ1) is 22.7. The Morgan fingerprint density at radius 2 is 1.70 bits per heavy atom. The van der Waals surface area contributed by atoms with Crippen molar-refractivity contribution < 1.29 is 13.9 Å². The van der Waals surface area contributed by atoms with Crippen LogP contribution in [0.3, 0.4) is 0 Å². The summed E-state index contributed by atoms with van der Waals surface area (Å²) < 4.78 is 27.0. The van der Waals surface area contributed by atoms with Crippen molar-refractivity contribution in [2.45, 2.75) is 57.1 Å². The van der Waals surface area contributed by atoms with Gasteiger partial charge in [0.05, 0.1) is 6.10 Å². The molecule has 0 spiro atoms. The molecule has 30 heavy (non-hydrogen) atoms. The normalized spacial score (nSPS) is 18.1. The Morgan fingerprint density at radius 3 is 2.33 bits per heavy atom. The highest BCUT2D eigenvalue weighted by Gasteiger charge is 2.34. The lowest BCUT2D eigenvalue weighted by molar-refractivity contribution is 0.0947. The molecule has 164 valence electrons. The minimum Gasteiger partial charge on any atom is -0.392 e. The van der Waals surface area contributed by atoms with E-state index in [1.165, 1.54) is 29.8 Å². The molecule has 0 unspecified atom stereocenters. The Bertz CT molecular complexity index is 813. The minimum atomic E-state index is -0.604. The molecule has 2 aromatic rings. The predicted octanol–water partition coefficient (Wildman–Crippen LogP) is 5.02. The van der Waals surface area contributed by atoms with Gasteiger partial charge < -0.3 is 15.3 Å². The van der Waals surface area contributed by atoms with Crippen molar-refractivity contribution in [2.75, 3.05) is 25.5 Å². The molecule has 0 heterocycles. The first-order valence-corrected chi connectivity index (χ1v) is 10.9. The number of benzene rings is 2. The fraction of sp³-hybridized carbons (Fsp3) is 0.520. The Balaban J connectivity index is 1.70. The first-order chi connectivity index (χ1) is 14.3. The third-order valence-corrected chi connectivity index (χ3v) is 6.41. The monoisotopic (exact) mass is 416 g/mol. The second kappa shape index (κ2) is 9.88. The van der Waals surface area contributed by atoms with E-state index in [0.717, 1.165) is 31.7 Å². The first-order valence-electron chi connectivity index (χ1n) is 10.9. The number of hydrogen-bond donors (Lipinski definition) is 2. The predicted molar refractivity (Wildman–Crippen MR) is 119 cm³/mol. The zero-order valence-corrected chi connectivity index (χ0v) is 18.3. The van der Waals surface area contributed by atoms with Crippen LogP contribution in [-0.4, -0.2) is 31.9 Å². The van der Waals surface area contributed by atoms with Crippen LogP contribution in [0.4, 0.5) is 14.5 Å². The van der Waals surface area contributed by atoms with E-state index in [-0.39, 0.29) is 11.5 Å². The zero-order valence-electron chi connectivity index (χ0n) is 18.3. The molecule has 0 aliphatic heterocycles. The van der Waals surface area contributed by atoms with Crippen LogP contribution in [0.15, 0.2) is 42.5 Å². The maximum absolute atomic E-state index is 13.5. The Morgan fingerprint density at radius 1 is 1.03 bits per heavy atom. The van der Waals surface area contributed by atoms with Crippen LogP contribution in [-0.2, 0) is 12.0 Å². The topological polar surface area (TPSA) is 35.5 Å². The van der Waals surface area contributed by atoms with Crippen LogP contribution in [0, 0.1) is 17.6 Å². The van der Waals surface area contributed by atoms with Gasteiger partial charge >= 0.3 is 0 Å². The number of halogens is 2. The quantitative estimate of drug-likeness (QED) is 0.634. The number of rotatable bonds is 8. The Labute approximate surface area is 179 Å². The van der Waals surface area contributed by atoms with Crippen molar-refractivity contribution >= 4 is 5.69 Å². The molecule has 2 aromatic carbocycles. The van der Waals surface area contributed by atoms with E-state index in [9.17, 15) is 13.9 Å². The van der Waals surface area contributed by atoms with Crippen LogP contribution < -0.4 is 10.2 Å². The fourth-order valence-electron chi connectivity index (χ4n) is 4.54.